The van der Waals surface area contributed by atoms with Gasteiger partial charge in [-0.1, -0.05) is 13.8 Å². The molecule has 1 rings (SSSR count). The first kappa shape index (κ1) is 19.2. The van der Waals surface area contributed by atoms with E-state index in [-0.39, 0.29) is 11.6 Å². The molecule has 1 aliphatic heterocycles. The summed E-state index contributed by atoms with van der Waals surface area (Å²) in [6.07, 6.45) is 3.90. The van der Waals surface area contributed by atoms with Gasteiger partial charge in [0.2, 0.25) is 0 Å². The van der Waals surface area contributed by atoms with Crippen LogP contribution in [-0.4, -0.2) is 54.9 Å². The molecule has 0 radical (unpaired) electrons. The zero-order valence-electron chi connectivity index (χ0n) is 15.3. The first-order chi connectivity index (χ1) is 10.2. The molecule has 1 unspecified atom stereocenters. The number of likely N-dealkylation sites (tertiary alicyclic amines) is 1. The van der Waals surface area contributed by atoms with Gasteiger partial charge in [-0.15, -0.1) is 0 Å². The number of amides is 1. The van der Waals surface area contributed by atoms with Crippen molar-refractivity contribution in [3.05, 3.63) is 0 Å². The number of ether oxygens (including phenoxy) is 1. The molecular formula is C17H35N3O2. The minimum Gasteiger partial charge on any atom is -0.444 e. The molecule has 2 N–H and O–H groups in total. The van der Waals surface area contributed by atoms with Crippen LogP contribution < -0.4 is 10.6 Å². The number of alkyl carbamates (subject to hydrolysis) is 1. The van der Waals surface area contributed by atoms with Gasteiger partial charge in [-0.05, 0) is 60.0 Å². The maximum Gasteiger partial charge on any atom is 0.408 e. The van der Waals surface area contributed by atoms with Gasteiger partial charge < -0.3 is 20.3 Å². The van der Waals surface area contributed by atoms with Crippen LogP contribution in [-0.2, 0) is 4.74 Å². The predicted molar refractivity (Wildman–Crippen MR) is 91.2 cm³/mol. The van der Waals surface area contributed by atoms with Gasteiger partial charge in [0.05, 0.1) is 5.54 Å². The standard InChI is InChI=1S/C17H35N3O2/c1-7-17(8-2,19-15(21)22-16(3,4)5)13-18-14-10-9-11-20(6)12-14/h14,18H,7-13H2,1-6H3,(H,19,21). The second-order valence-corrected chi connectivity index (χ2v) is 7.60. The molecule has 1 aliphatic rings. The van der Waals surface area contributed by atoms with Gasteiger partial charge in [-0.3, -0.25) is 0 Å². The monoisotopic (exact) mass is 313 g/mol. The Hall–Kier alpha value is -0.810. The Morgan fingerprint density at radius 1 is 1.27 bits per heavy atom. The molecule has 5 nitrogen and oxygen atoms in total. The summed E-state index contributed by atoms with van der Waals surface area (Å²) >= 11 is 0. The van der Waals surface area contributed by atoms with Crippen molar-refractivity contribution in [1.82, 2.24) is 15.5 Å². The van der Waals surface area contributed by atoms with Crippen LogP contribution in [0.1, 0.15) is 60.3 Å². The number of hydrogen-bond donors (Lipinski definition) is 2. The molecule has 5 heteroatoms. The van der Waals surface area contributed by atoms with E-state index in [1.165, 1.54) is 19.4 Å². The molecule has 0 aromatic rings. The predicted octanol–water partition coefficient (Wildman–Crippen LogP) is 2.75. The van der Waals surface area contributed by atoms with Crippen molar-refractivity contribution in [2.75, 3.05) is 26.7 Å². The fourth-order valence-electron chi connectivity index (χ4n) is 2.91. The van der Waals surface area contributed by atoms with Crippen LogP contribution in [0.15, 0.2) is 0 Å². The van der Waals surface area contributed by atoms with E-state index in [2.05, 4.69) is 36.4 Å². The van der Waals surface area contributed by atoms with Gasteiger partial charge in [0.1, 0.15) is 5.60 Å². The smallest absolute Gasteiger partial charge is 0.408 e. The van der Waals surface area contributed by atoms with Crippen LogP contribution in [0.25, 0.3) is 0 Å². The summed E-state index contributed by atoms with van der Waals surface area (Å²) in [5, 5.41) is 6.75. The zero-order chi connectivity index (χ0) is 16.8. The normalized spacial score (nSPS) is 20.7. The third kappa shape index (κ3) is 6.53. The molecule has 130 valence electrons. The molecule has 0 aromatic carbocycles. The molecule has 22 heavy (non-hydrogen) atoms. The number of piperidine rings is 1. The van der Waals surface area contributed by atoms with Gasteiger partial charge in [-0.25, -0.2) is 4.79 Å². The minimum absolute atomic E-state index is 0.238. The second-order valence-electron chi connectivity index (χ2n) is 7.60. The lowest BCUT2D eigenvalue weighted by atomic mass is 9.92. The number of nitrogens with one attached hydrogen (secondary N) is 2. The van der Waals surface area contributed by atoms with E-state index in [9.17, 15) is 4.79 Å². The van der Waals surface area contributed by atoms with E-state index in [1.807, 2.05) is 20.8 Å². The van der Waals surface area contributed by atoms with Crippen molar-refractivity contribution in [2.24, 2.45) is 0 Å². The summed E-state index contributed by atoms with van der Waals surface area (Å²) in [4.78, 5) is 14.5. The molecular weight excluding hydrogens is 278 g/mol. The molecule has 0 spiro atoms. The molecule has 1 heterocycles. The van der Waals surface area contributed by atoms with Gasteiger partial charge in [0.15, 0.2) is 0 Å². The molecule has 0 bridgehead atoms. The van der Waals surface area contributed by atoms with Crippen molar-refractivity contribution in [3.8, 4) is 0 Å². The molecule has 0 saturated carbocycles. The Balaban J connectivity index is 2.56. The fraction of sp³-hybridized carbons (Fsp3) is 0.941. The van der Waals surface area contributed by atoms with E-state index in [0.717, 1.165) is 25.9 Å². The Bertz CT molecular complexity index is 348. The lowest BCUT2D eigenvalue weighted by molar-refractivity contribution is 0.0441. The van der Waals surface area contributed by atoms with Crippen LogP contribution in [0, 0.1) is 0 Å². The van der Waals surface area contributed by atoms with E-state index < -0.39 is 5.60 Å². The number of carbonyl (C=O) groups excluding carboxylic acids is 1. The first-order valence-corrected chi connectivity index (χ1v) is 8.63. The zero-order valence-corrected chi connectivity index (χ0v) is 15.3. The van der Waals surface area contributed by atoms with Crippen molar-refractivity contribution in [1.29, 1.82) is 0 Å². The first-order valence-electron chi connectivity index (χ1n) is 8.63. The average molecular weight is 313 g/mol. The number of hydrogen-bond acceptors (Lipinski definition) is 4. The average Bonchev–Trinajstić information content (AvgIpc) is 2.41. The highest BCUT2D eigenvalue weighted by molar-refractivity contribution is 5.68. The number of rotatable bonds is 6. The summed E-state index contributed by atoms with van der Waals surface area (Å²) in [5.41, 5.74) is -0.699. The van der Waals surface area contributed by atoms with Crippen LogP contribution in [0.3, 0.4) is 0 Å². The lowest BCUT2D eigenvalue weighted by Crippen LogP contribution is -2.57. The van der Waals surface area contributed by atoms with Crippen molar-refractivity contribution >= 4 is 6.09 Å². The molecule has 1 fully saturated rings. The van der Waals surface area contributed by atoms with Crippen molar-refractivity contribution in [2.45, 2.75) is 77.5 Å². The highest BCUT2D eigenvalue weighted by Gasteiger charge is 2.31. The van der Waals surface area contributed by atoms with Gasteiger partial charge in [0.25, 0.3) is 0 Å². The van der Waals surface area contributed by atoms with E-state index >= 15 is 0 Å². The minimum atomic E-state index is -0.461. The summed E-state index contributed by atoms with van der Waals surface area (Å²) in [7, 11) is 2.17. The highest BCUT2D eigenvalue weighted by atomic mass is 16.6. The van der Waals surface area contributed by atoms with Crippen molar-refractivity contribution < 1.29 is 9.53 Å². The molecule has 1 amide bonds. The van der Waals surface area contributed by atoms with E-state index in [0.29, 0.717) is 6.04 Å². The van der Waals surface area contributed by atoms with Crippen molar-refractivity contribution in [3.63, 3.8) is 0 Å². The molecule has 0 aliphatic carbocycles. The summed E-state index contributed by atoms with van der Waals surface area (Å²) < 4.78 is 5.42. The fourth-order valence-corrected chi connectivity index (χ4v) is 2.91. The third-order valence-corrected chi connectivity index (χ3v) is 4.47. The van der Waals surface area contributed by atoms with Crippen LogP contribution in [0.2, 0.25) is 0 Å². The Kier molecular flexibility index (Phi) is 7.13. The summed E-state index contributed by atoms with van der Waals surface area (Å²) in [6, 6.07) is 0.511. The largest absolute Gasteiger partial charge is 0.444 e. The maximum atomic E-state index is 12.1. The number of carbonyl (C=O) groups is 1. The molecule has 1 atom stereocenters. The quantitative estimate of drug-likeness (QED) is 0.792. The Morgan fingerprint density at radius 3 is 2.41 bits per heavy atom. The lowest BCUT2D eigenvalue weighted by Gasteiger charge is -2.37. The summed E-state index contributed by atoms with van der Waals surface area (Å²) in [5.74, 6) is 0. The number of nitrogens with zero attached hydrogens (tertiary/aromatic N) is 1. The van der Waals surface area contributed by atoms with Gasteiger partial charge >= 0.3 is 6.09 Å². The molecule has 0 aromatic heterocycles. The Labute approximate surface area is 136 Å². The highest BCUT2D eigenvalue weighted by Crippen LogP contribution is 2.17. The second kappa shape index (κ2) is 8.16. The van der Waals surface area contributed by atoms with Gasteiger partial charge in [-0.2, -0.15) is 0 Å². The number of likely N-dealkylation sites (N-methyl/N-ethyl adjacent to an activating group) is 1. The van der Waals surface area contributed by atoms with Gasteiger partial charge in [0, 0.05) is 19.1 Å². The van der Waals surface area contributed by atoms with Crippen LogP contribution >= 0.6 is 0 Å². The maximum absolute atomic E-state index is 12.1. The molecule has 1 saturated heterocycles. The topological polar surface area (TPSA) is 53.6 Å². The van der Waals surface area contributed by atoms with E-state index in [1.54, 1.807) is 0 Å². The van der Waals surface area contributed by atoms with Crippen LogP contribution in [0.5, 0.6) is 0 Å². The third-order valence-electron chi connectivity index (χ3n) is 4.47. The Morgan fingerprint density at radius 2 is 1.91 bits per heavy atom. The summed E-state index contributed by atoms with van der Waals surface area (Å²) in [6.45, 7) is 13.0. The van der Waals surface area contributed by atoms with E-state index in [4.69, 9.17) is 4.74 Å². The van der Waals surface area contributed by atoms with Crippen LogP contribution in [0.4, 0.5) is 4.79 Å². The SMILES string of the molecule is CCC(CC)(CNC1CCCN(C)C1)NC(=O)OC(C)(C)C.